The summed E-state index contributed by atoms with van der Waals surface area (Å²) in [6, 6.07) is 16.6. The van der Waals surface area contributed by atoms with Gasteiger partial charge in [-0.3, -0.25) is 9.11 Å². The van der Waals surface area contributed by atoms with E-state index in [1.54, 1.807) is 0 Å². The van der Waals surface area contributed by atoms with Crippen LogP contribution >= 0.6 is 0 Å². The summed E-state index contributed by atoms with van der Waals surface area (Å²) in [5.74, 6) is -1.34. The van der Waals surface area contributed by atoms with Crippen molar-refractivity contribution in [3.8, 4) is 22.6 Å². The summed E-state index contributed by atoms with van der Waals surface area (Å²) in [4.78, 5) is -1.42. The first-order valence-electron chi connectivity index (χ1n) is 14.9. The van der Waals surface area contributed by atoms with E-state index in [2.05, 4.69) is 20.5 Å². The fourth-order valence-electron chi connectivity index (χ4n) is 5.48. The lowest BCUT2D eigenvalue weighted by atomic mass is 9.99. The zero-order valence-corrected chi connectivity index (χ0v) is 28.2. The van der Waals surface area contributed by atoms with Crippen LogP contribution in [-0.2, 0) is 32.6 Å². The number of halogens is 6. The van der Waals surface area contributed by atoms with E-state index in [1.165, 1.54) is 48.5 Å². The molecule has 0 spiro atoms. The van der Waals surface area contributed by atoms with Crippen LogP contribution < -0.4 is 0 Å². The number of hydrogen-bond donors (Lipinski definition) is 4. The second-order valence-corrected chi connectivity index (χ2v) is 14.2. The Bertz CT molecular complexity index is 2600. The van der Waals surface area contributed by atoms with E-state index in [9.17, 15) is 62.5 Å². The first-order chi connectivity index (χ1) is 25.1. The van der Waals surface area contributed by atoms with Crippen LogP contribution in [0.5, 0.6) is 11.5 Å². The minimum Gasteiger partial charge on any atom is -0.505 e. The maximum Gasteiger partial charge on any atom is 0.418 e. The second-order valence-electron chi connectivity index (χ2n) is 11.4. The summed E-state index contributed by atoms with van der Waals surface area (Å²) >= 11 is 0. The molecule has 0 bridgehead atoms. The highest BCUT2D eigenvalue weighted by molar-refractivity contribution is 7.86. The Labute approximate surface area is 299 Å². The predicted octanol–water partition coefficient (Wildman–Crippen LogP) is 10.4. The van der Waals surface area contributed by atoms with Crippen LogP contribution in [0.3, 0.4) is 0 Å². The number of rotatable bonds is 7. The predicted molar refractivity (Wildman–Crippen MR) is 181 cm³/mol. The highest BCUT2D eigenvalue weighted by atomic mass is 32.2. The van der Waals surface area contributed by atoms with Gasteiger partial charge in [0.1, 0.15) is 21.2 Å². The number of azo groups is 2. The molecule has 0 atom stereocenters. The van der Waals surface area contributed by atoms with Gasteiger partial charge in [-0.25, -0.2) is 0 Å². The molecule has 20 heteroatoms. The highest BCUT2D eigenvalue weighted by Crippen LogP contribution is 2.45. The van der Waals surface area contributed by atoms with Crippen molar-refractivity contribution in [3.05, 3.63) is 108 Å². The number of aromatic hydroxyl groups is 2. The Hall–Kier alpha value is -5.96. The largest absolute Gasteiger partial charge is 0.505 e. The number of phenols is 2. The van der Waals surface area contributed by atoms with Crippen LogP contribution in [0.15, 0.2) is 127 Å². The van der Waals surface area contributed by atoms with Gasteiger partial charge in [0, 0.05) is 21.5 Å². The lowest BCUT2D eigenvalue weighted by molar-refractivity contribution is -0.138. The molecule has 0 aliphatic heterocycles. The van der Waals surface area contributed by atoms with Crippen LogP contribution in [-0.4, -0.2) is 36.2 Å². The Morgan fingerprint density at radius 2 is 0.759 bits per heavy atom. The Kier molecular flexibility index (Phi) is 9.42. The summed E-state index contributed by atoms with van der Waals surface area (Å²) in [5.41, 5.74) is -6.67. The number of phenolic OH excluding ortho intramolecular Hbond substituents is 2. The number of alkyl halides is 6. The fraction of sp³-hybridized carbons (Fsp3) is 0.0588. The maximum absolute atomic E-state index is 14.3. The molecule has 0 saturated heterocycles. The first kappa shape index (κ1) is 37.8. The molecule has 0 aromatic heterocycles. The molecule has 0 heterocycles. The number of hydrogen-bond acceptors (Lipinski definition) is 10. The number of benzene rings is 6. The molecular formula is C34H20F6N4O8S2. The molecule has 0 unspecified atom stereocenters. The minimum absolute atomic E-state index is 0.111. The molecule has 0 aliphatic carbocycles. The van der Waals surface area contributed by atoms with E-state index in [4.69, 9.17) is 0 Å². The van der Waals surface area contributed by atoms with Gasteiger partial charge in [0.2, 0.25) is 0 Å². The van der Waals surface area contributed by atoms with Crippen LogP contribution in [0.25, 0.3) is 32.7 Å². The van der Waals surface area contributed by atoms with Crippen molar-refractivity contribution in [2.24, 2.45) is 20.5 Å². The monoisotopic (exact) mass is 790 g/mol. The van der Waals surface area contributed by atoms with Crippen molar-refractivity contribution in [1.82, 2.24) is 0 Å². The van der Waals surface area contributed by atoms with E-state index in [0.717, 1.165) is 24.3 Å². The average molecular weight is 791 g/mol. The molecule has 4 N–H and O–H groups in total. The van der Waals surface area contributed by atoms with Gasteiger partial charge in [0.15, 0.2) is 11.5 Å². The molecule has 0 fully saturated rings. The average Bonchev–Trinajstić information content (AvgIpc) is 3.09. The van der Waals surface area contributed by atoms with Crippen LogP contribution in [0, 0.1) is 0 Å². The van der Waals surface area contributed by atoms with E-state index in [0.29, 0.717) is 24.3 Å². The van der Waals surface area contributed by atoms with Crippen molar-refractivity contribution < 1.29 is 62.5 Å². The van der Waals surface area contributed by atoms with Crippen molar-refractivity contribution in [1.29, 1.82) is 0 Å². The van der Waals surface area contributed by atoms with Crippen LogP contribution in [0.2, 0.25) is 0 Å². The third-order valence-electron chi connectivity index (χ3n) is 7.94. The van der Waals surface area contributed by atoms with Gasteiger partial charge in [-0.1, -0.05) is 60.7 Å². The van der Waals surface area contributed by atoms with Crippen molar-refractivity contribution in [2.75, 3.05) is 0 Å². The SMILES string of the molecule is O=S(=O)(O)c1cc(/N=N/c2ccc(-c3ccc(/N=N/c4cc(S(=O)(=O)O)c5ccccc5c4O)c(C(F)(F)F)c3)cc2C(F)(F)F)c(O)c2ccccc12. The van der Waals surface area contributed by atoms with Crippen molar-refractivity contribution in [3.63, 3.8) is 0 Å². The van der Waals surface area contributed by atoms with E-state index < -0.39 is 87.8 Å². The molecule has 12 nitrogen and oxygen atoms in total. The summed E-state index contributed by atoms with van der Waals surface area (Å²) in [6.45, 7) is 0. The molecule has 0 amide bonds. The molecule has 0 radical (unpaired) electrons. The van der Waals surface area contributed by atoms with Gasteiger partial charge in [0.25, 0.3) is 20.2 Å². The van der Waals surface area contributed by atoms with Gasteiger partial charge in [-0.15, -0.1) is 20.5 Å². The highest BCUT2D eigenvalue weighted by Gasteiger charge is 2.36. The standard InChI is InChI=1S/C34H20F6N4O8S2/c35-33(36,37)23-13-17(9-11-25(23)41-43-27-15-29(53(47,48)49)19-5-1-3-7-21(19)31(27)45)18-10-12-26(24(14-18)34(38,39)40)42-44-28-16-30(54(50,51)52)20-6-2-4-8-22(20)32(28)46/h1-16,45-46H,(H,47,48,49)(H,50,51,52)/b43-41+,44-42+. The molecular weight excluding hydrogens is 771 g/mol. The first-order valence-corrected chi connectivity index (χ1v) is 17.7. The molecule has 6 aromatic carbocycles. The molecule has 278 valence electrons. The van der Waals surface area contributed by atoms with Gasteiger partial charge >= 0.3 is 12.4 Å². The topological polar surface area (TPSA) is 199 Å². The van der Waals surface area contributed by atoms with Crippen molar-refractivity contribution in [2.45, 2.75) is 22.1 Å². The van der Waals surface area contributed by atoms with Crippen LogP contribution in [0.4, 0.5) is 49.1 Å². The number of nitrogens with zero attached hydrogens (tertiary/aromatic N) is 4. The van der Waals surface area contributed by atoms with Gasteiger partial charge in [-0.2, -0.15) is 43.2 Å². The van der Waals surface area contributed by atoms with Crippen molar-refractivity contribution >= 4 is 64.5 Å². The third kappa shape index (κ3) is 7.44. The molecule has 54 heavy (non-hydrogen) atoms. The fourth-order valence-corrected chi connectivity index (χ4v) is 6.91. The lowest BCUT2D eigenvalue weighted by Crippen LogP contribution is -2.07. The lowest BCUT2D eigenvalue weighted by Gasteiger charge is -2.14. The van der Waals surface area contributed by atoms with E-state index in [1.807, 2.05) is 0 Å². The summed E-state index contributed by atoms with van der Waals surface area (Å²) < 4.78 is 153. The quantitative estimate of drug-likeness (QED) is 0.0695. The molecule has 0 aliphatic rings. The van der Waals surface area contributed by atoms with E-state index in [-0.39, 0.29) is 32.7 Å². The maximum atomic E-state index is 14.3. The summed E-state index contributed by atoms with van der Waals surface area (Å²) in [5, 5.41) is 35.1. The normalized spacial score (nSPS) is 13.1. The van der Waals surface area contributed by atoms with E-state index >= 15 is 0 Å². The Morgan fingerprint density at radius 3 is 1.07 bits per heavy atom. The third-order valence-corrected chi connectivity index (χ3v) is 9.73. The Morgan fingerprint density at radius 1 is 0.444 bits per heavy atom. The summed E-state index contributed by atoms with van der Waals surface area (Å²) in [6.07, 6.45) is -10.3. The zero-order valence-electron chi connectivity index (χ0n) is 26.5. The smallest absolute Gasteiger partial charge is 0.418 e. The summed E-state index contributed by atoms with van der Waals surface area (Å²) in [7, 11) is -9.80. The van der Waals surface area contributed by atoms with Gasteiger partial charge in [0.05, 0.1) is 22.5 Å². The molecule has 6 aromatic rings. The minimum atomic E-state index is -5.15. The molecule has 6 rings (SSSR count). The Balaban J connectivity index is 1.41. The molecule has 0 saturated carbocycles. The van der Waals surface area contributed by atoms with Crippen LogP contribution in [0.1, 0.15) is 11.1 Å². The van der Waals surface area contributed by atoms with Gasteiger partial charge in [-0.05, 0) is 47.5 Å². The van der Waals surface area contributed by atoms with Gasteiger partial charge < -0.3 is 10.2 Å². The zero-order chi connectivity index (χ0) is 39.4. The number of fused-ring (bicyclic) bond motifs is 2. The second kappa shape index (κ2) is 13.5.